The van der Waals surface area contributed by atoms with Crippen molar-refractivity contribution in [3.63, 3.8) is 0 Å². The highest BCUT2D eigenvalue weighted by molar-refractivity contribution is 6.00. The minimum Gasteiger partial charge on any atom is -0.504 e. The predicted molar refractivity (Wildman–Crippen MR) is 168 cm³/mol. The maximum absolute atomic E-state index is 13.7. The van der Waals surface area contributed by atoms with E-state index in [1.165, 1.54) is 20.0 Å². The van der Waals surface area contributed by atoms with E-state index >= 15 is 0 Å². The Kier molecular flexibility index (Phi) is 6.13. The van der Waals surface area contributed by atoms with Gasteiger partial charge >= 0.3 is 0 Å². The first kappa shape index (κ1) is 27.0. The van der Waals surface area contributed by atoms with Crippen molar-refractivity contribution in [2.75, 3.05) is 20.8 Å². The number of benzene rings is 2. The quantitative estimate of drug-likeness (QED) is 0.274. The molecule has 2 aliphatic carbocycles. The number of imidazole rings is 1. The highest BCUT2D eigenvalue weighted by Gasteiger charge is 2.47. The molecular weight excluding hydrogens is 556 g/mol. The molecule has 1 amide bonds. The fourth-order valence-corrected chi connectivity index (χ4v) is 7.33. The number of phenolic OH excluding ortho intramolecular Hbond substituents is 1. The number of aromatic nitrogens is 4. The van der Waals surface area contributed by atoms with Gasteiger partial charge < -0.3 is 34.3 Å². The van der Waals surface area contributed by atoms with Crippen LogP contribution in [0.5, 0.6) is 17.2 Å². The molecule has 2 saturated carbocycles. The Balaban J connectivity index is 1.23. The average molecular weight is 593 g/mol. The number of methoxy groups -OCH3 is 2. The van der Waals surface area contributed by atoms with E-state index in [1.807, 2.05) is 36.2 Å². The summed E-state index contributed by atoms with van der Waals surface area (Å²) >= 11 is 0. The highest BCUT2D eigenvalue weighted by atomic mass is 16.5. The van der Waals surface area contributed by atoms with Gasteiger partial charge in [0.05, 0.1) is 31.1 Å². The number of nitrogens with two attached hydrogens (primary N) is 1. The van der Waals surface area contributed by atoms with Gasteiger partial charge in [-0.3, -0.25) is 4.79 Å². The second kappa shape index (κ2) is 9.99. The van der Waals surface area contributed by atoms with Gasteiger partial charge in [-0.15, -0.1) is 0 Å². The first-order valence-corrected chi connectivity index (χ1v) is 15.3. The third kappa shape index (κ3) is 4.15. The number of phenols is 1. The predicted octanol–water partition coefficient (Wildman–Crippen LogP) is 4.95. The van der Waals surface area contributed by atoms with Gasteiger partial charge in [-0.05, 0) is 86.1 Å². The van der Waals surface area contributed by atoms with E-state index in [9.17, 15) is 9.90 Å². The second-order valence-corrected chi connectivity index (χ2v) is 12.6. The van der Waals surface area contributed by atoms with Crippen molar-refractivity contribution >= 4 is 28.0 Å². The van der Waals surface area contributed by atoms with Crippen LogP contribution in [-0.2, 0) is 13.6 Å². The largest absolute Gasteiger partial charge is 0.504 e. The smallest absolute Gasteiger partial charge is 0.254 e. The summed E-state index contributed by atoms with van der Waals surface area (Å²) in [4.78, 5) is 25.8. The van der Waals surface area contributed by atoms with Gasteiger partial charge in [0.2, 0.25) is 0 Å². The fraction of sp³-hybridized carbons (Fsp3) is 0.382. The van der Waals surface area contributed by atoms with Crippen LogP contribution in [-0.4, -0.2) is 67.9 Å². The van der Waals surface area contributed by atoms with Gasteiger partial charge in [0.1, 0.15) is 16.9 Å². The van der Waals surface area contributed by atoms with E-state index in [2.05, 4.69) is 21.3 Å². The molecule has 10 nitrogen and oxygen atoms in total. The molecule has 2 aromatic carbocycles. The van der Waals surface area contributed by atoms with E-state index in [1.54, 1.807) is 19.2 Å². The topological polar surface area (TPSA) is 121 Å². The molecule has 5 aromatic rings. The van der Waals surface area contributed by atoms with Gasteiger partial charge in [-0.2, -0.15) is 0 Å². The number of hydrogen-bond donors (Lipinski definition) is 2. The summed E-state index contributed by atoms with van der Waals surface area (Å²) in [6.45, 7) is 1.55. The number of nitrogens with zero attached hydrogens (tertiary/aromatic N) is 5. The second-order valence-electron chi connectivity index (χ2n) is 12.6. The Morgan fingerprint density at radius 1 is 1.00 bits per heavy atom. The summed E-state index contributed by atoms with van der Waals surface area (Å²) in [6.07, 6.45) is 4.44. The zero-order valence-corrected chi connectivity index (χ0v) is 25.2. The van der Waals surface area contributed by atoms with E-state index in [0.29, 0.717) is 41.0 Å². The Morgan fingerprint density at radius 3 is 2.50 bits per heavy atom. The van der Waals surface area contributed by atoms with E-state index in [0.717, 1.165) is 58.7 Å². The van der Waals surface area contributed by atoms with Crippen LogP contribution in [0.1, 0.15) is 36.0 Å². The molecule has 1 saturated heterocycles. The summed E-state index contributed by atoms with van der Waals surface area (Å²) in [5.41, 5.74) is 11.9. The number of aryl methyl sites for hydroxylation is 1. The van der Waals surface area contributed by atoms with E-state index in [-0.39, 0.29) is 23.7 Å². The number of aromatic hydroxyl groups is 1. The number of fused-ring (bicyclic) bond motifs is 4. The molecule has 10 heteroatoms. The Bertz CT molecular complexity index is 1960. The number of carbonyl (C=O) groups excluding carboxylic acids is 1. The molecule has 1 aliphatic heterocycles. The molecule has 3 N–H and O–H groups in total. The summed E-state index contributed by atoms with van der Waals surface area (Å²) in [5.74, 6) is 2.87. The Morgan fingerprint density at radius 2 is 1.82 bits per heavy atom. The van der Waals surface area contributed by atoms with Gasteiger partial charge in [0.15, 0.2) is 17.3 Å². The first-order valence-electron chi connectivity index (χ1n) is 15.3. The molecular formula is C34H36N6O4. The number of amides is 1. The number of likely N-dealkylation sites (tertiary alicyclic amines) is 1. The average Bonchev–Trinajstić information content (AvgIpc) is 3.44. The first-order chi connectivity index (χ1) is 21.3. The van der Waals surface area contributed by atoms with Gasteiger partial charge in [-0.1, -0.05) is 0 Å². The van der Waals surface area contributed by atoms with Crippen LogP contribution in [0.15, 0.2) is 48.5 Å². The third-order valence-corrected chi connectivity index (χ3v) is 9.90. The molecule has 4 heterocycles. The number of ether oxygens (including phenoxy) is 2. The summed E-state index contributed by atoms with van der Waals surface area (Å²) in [5, 5.41) is 11.4. The van der Waals surface area contributed by atoms with Crippen LogP contribution in [0.25, 0.3) is 44.8 Å². The van der Waals surface area contributed by atoms with Crippen LogP contribution in [0.4, 0.5) is 0 Å². The van der Waals surface area contributed by atoms with Crippen LogP contribution in [0.3, 0.4) is 0 Å². The molecule has 3 aliphatic rings. The highest BCUT2D eigenvalue weighted by Crippen LogP contribution is 2.40. The van der Waals surface area contributed by atoms with Crippen molar-refractivity contribution in [1.82, 2.24) is 24.0 Å². The molecule has 3 fully saturated rings. The van der Waals surface area contributed by atoms with E-state index in [4.69, 9.17) is 25.2 Å². The van der Waals surface area contributed by atoms with Crippen LogP contribution >= 0.6 is 0 Å². The molecule has 2 unspecified atom stereocenters. The van der Waals surface area contributed by atoms with E-state index < -0.39 is 0 Å². The zero-order chi connectivity index (χ0) is 30.3. The summed E-state index contributed by atoms with van der Waals surface area (Å²) in [6, 6.07) is 15.4. The lowest BCUT2D eigenvalue weighted by atomic mass is 10.1. The molecule has 3 aromatic heterocycles. The van der Waals surface area contributed by atoms with Crippen molar-refractivity contribution in [1.29, 1.82) is 0 Å². The molecule has 44 heavy (non-hydrogen) atoms. The standard InChI is InChI=1S/C34H36N6O4/c1-38-31-24(12-22(15-29(31)44-3)34(42)40-17-21-7-10-25(40)30(21)35)37-33(38)26-13-20-6-9-23(19-8-11-28(43-2)27(41)14-19)36-32(20)39(26)16-18-4-5-18/h6,8-9,11-15,18,21,25,30,41H,4-5,7,10,16-17,35H2,1-3H3/t21?,25?,30-/m1/s1. The molecule has 0 spiro atoms. The van der Waals surface area contributed by atoms with Crippen molar-refractivity contribution in [3.05, 3.63) is 54.1 Å². The van der Waals surface area contributed by atoms with Gasteiger partial charge in [0, 0.05) is 48.7 Å². The van der Waals surface area contributed by atoms with Gasteiger partial charge in [0.25, 0.3) is 5.91 Å². The third-order valence-electron chi connectivity index (χ3n) is 9.90. The lowest BCUT2D eigenvalue weighted by Crippen LogP contribution is -2.41. The molecule has 8 rings (SSSR count). The minimum absolute atomic E-state index is 0.0100. The zero-order valence-electron chi connectivity index (χ0n) is 25.2. The van der Waals surface area contributed by atoms with Crippen LogP contribution < -0.4 is 15.2 Å². The van der Waals surface area contributed by atoms with Gasteiger partial charge in [-0.25, -0.2) is 9.97 Å². The van der Waals surface area contributed by atoms with Crippen molar-refractivity contribution in [2.45, 2.75) is 44.3 Å². The number of rotatable bonds is 7. The normalized spacial score (nSPS) is 21.1. The monoisotopic (exact) mass is 592 g/mol. The van der Waals surface area contributed by atoms with Crippen molar-refractivity contribution in [2.24, 2.45) is 24.6 Å². The number of pyridine rings is 1. The van der Waals surface area contributed by atoms with Crippen molar-refractivity contribution < 1.29 is 19.4 Å². The molecule has 2 bridgehead atoms. The maximum Gasteiger partial charge on any atom is 0.254 e. The minimum atomic E-state index is -0.0100. The lowest BCUT2D eigenvalue weighted by Gasteiger charge is -2.27. The van der Waals surface area contributed by atoms with Crippen LogP contribution in [0.2, 0.25) is 0 Å². The molecule has 0 radical (unpaired) electrons. The Labute approximate surface area is 255 Å². The molecule has 3 atom stereocenters. The SMILES string of the molecule is COc1ccc(-c2ccc3cc(-c4nc5cc(C(=O)N6CC7CCC6[C@@H]7N)cc(OC)c5n4C)n(CC4CC4)c3n2)cc1O. The molecule has 226 valence electrons. The van der Waals surface area contributed by atoms with Crippen molar-refractivity contribution in [3.8, 4) is 40.0 Å². The summed E-state index contributed by atoms with van der Waals surface area (Å²) in [7, 11) is 5.16. The van der Waals surface area contributed by atoms with Crippen LogP contribution in [0, 0.1) is 11.8 Å². The Hall–Kier alpha value is -4.57. The number of piperidine rings is 1. The lowest BCUT2D eigenvalue weighted by molar-refractivity contribution is 0.0700. The number of hydrogen-bond acceptors (Lipinski definition) is 7. The summed E-state index contributed by atoms with van der Waals surface area (Å²) < 4.78 is 15.4. The fourth-order valence-electron chi connectivity index (χ4n) is 7.33. The maximum atomic E-state index is 13.7. The number of carbonyl (C=O) groups is 1.